The third-order valence-corrected chi connectivity index (χ3v) is 5.82. The van der Waals surface area contributed by atoms with Gasteiger partial charge in [0.25, 0.3) is 0 Å². The van der Waals surface area contributed by atoms with E-state index in [0.717, 1.165) is 28.3 Å². The number of aryl methyl sites for hydroxylation is 1. The zero-order chi connectivity index (χ0) is 22.5. The molecule has 9 heteroatoms. The Hall–Kier alpha value is -3.72. The number of rotatable bonds is 8. The number of nitrogens with one attached hydrogen (secondary N) is 1. The van der Waals surface area contributed by atoms with Crippen LogP contribution >= 0.6 is 11.8 Å². The Kier molecular flexibility index (Phi) is 6.46. The molecule has 1 aromatic carbocycles. The molecule has 0 unspecified atom stereocenters. The fraction of sp³-hybridized carbons (Fsp3) is 0.174. The van der Waals surface area contributed by atoms with E-state index in [1.165, 1.54) is 11.8 Å². The van der Waals surface area contributed by atoms with Gasteiger partial charge in [-0.3, -0.25) is 14.3 Å². The van der Waals surface area contributed by atoms with E-state index in [-0.39, 0.29) is 11.7 Å². The Morgan fingerprint density at radius 3 is 2.59 bits per heavy atom. The maximum Gasteiger partial charge on any atom is 0.234 e. The molecule has 0 spiro atoms. The van der Waals surface area contributed by atoms with E-state index in [0.29, 0.717) is 17.5 Å². The summed E-state index contributed by atoms with van der Waals surface area (Å²) in [6.07, 6.45) is 5.20. The molecule has 162 valence electrons. The molecule has 4 rings (SSSR count). The number of carbonyl (C=O) groups is 1. The highest BCUT2D eigenvalue weighted by Crippen LogP contribution is 2.26. The van der Waals surface area contributed by atoms with Crippen molar-refractivity contribution in [3.8, 4) is 17.1 Å². The maximum atomic E-state index is 12.7. The zero-order valence-electron chi connectivity index (χ0n) is 17.9. The van der Waals surface area contributed by atoms with Crippen molar-refractivity contribution in [2.24, 2.45) is 0 Å². The average molecular weight is 446 g/mol. The van der Waals surface area contributed by atoms with Gasteiger partial charge < -0.3 is 5.32 Å². The minimum absolute atomic E-state index is 0.132. The zero-order valence-corrected chi connectivity index (χ0v) is 18.7. The maximum absolute atomic E-state index is 12.7. The Morgan fingerprint density at radius 2 is 1.88 bits per heavy atom. The third-order valence-electron chi connectivity index (χ3n) is 4.86. The topological polar surface area (TPSA) is 90.5 Å². The van der Waals surface area contributed by atoms with Crippen LogP contribution in [0.3, 0.4) is 0 Å². The first-order valence-electron chi connectivity index (χ1n) is 10.1. The van der Waals surface area contributed by atoms with Crippen molar-refractivity contribution in [1.29, 1.82) is 0 Å². The van der Waals surface area contributed by atoms with Gasteiger partial charge in [0.1, 0.15) is 0 Å². The van der Waals surface area contributed by atoms with Gasteiger partial charge in [0, 0.05) is 24.5 Å². The third kappa shape index (κ3) is 4.47. The Labute approximate surface area is 190 Å². The van der Waals surface area contributed by atoms with Gasteiger partial charge in [-0.25, -0.2) is 4.68 Å². The number of para-hydroxylation sites is 1. The second-order valence-corrected chi connectivity index (χ2v) is 8.01. The minimum Gasteiger partial charge on any atom is -0.322 e. The van der Waals surface area contributed by atoms with Crippen LogP contribution in [0.15, 0.2) is 72.7 Å². The number of amides is 1. The number of anilines is 1. The van der Waals surface area contributed by atoms with Crippen LogP contribution < -0.4 is 5.32 Å². The Bertz CT molecular complexity index is 1230. The Balaban J connectivity index is 1.48. The van der Waals surface area contributed by atoms with Crippen LogP contribution in [-0.2, 0) is 11.3 Å². The predicted molar refractivity (Wildman–Crippen MR) is 126 cm³/mol. The number of benzene rings is 1. The molecule has 3 heterocycles. The predicted octanol–water partition coefficient (Wildman–Crippen LogP) is 4.06. The molecule has 4 aromatic rings. The monoisotopic (exact) mass is 445 g/mol. The molecule has 8 nitrogen and oxygen atoms in total. The molecule has 0 saturated carbocycles. The van der Waals surface area contributed by atoms with E-state index in [9.17, 15) is 4.79 Å². The van der Waals surface area contributed by atoms with Crippen LogP contribution in [0.4, 0.5) is 5.69 Å². The van der Waals surface area contributed by atoms with Gasteiger partial charge in [-0.15, -0.1) is 16.8 Å². The minimum atomic E-state index is -0.132. The van der Waals surface area contributed by atoms with Crippen LogP contribution in [0.2, 0.25) is 0 Å². The van der Waals surface area contributed by atoms with E-state index in [4.69, 9.17) is 0 Å². The number of pyridine rings is 1. The lowest BCUT2D eigenvalue weighted by Gasteiger charge is -2.09. The lowest BCUT2D eigenvalue weighted by molar-refractivity contribution is -0.113. The van der Waals surface area contributed by atoms with Gasteiger partial charge in [0.15, 0.2) is 11.0 Å². The molecule has 0 aliphatic carbocycles. The van der Waals surface area contributed by atoms with Gasteiger partial charge in [-0.05, 0) is 38.1 Å². The van der Waals surface area contributed by atoms with Crippen LogP contribution in [0.1, 0.15) is 11.4 Å². The number of allylic oxidation sites excluding steroid dienone is 1. The summed E-state index contributed by atoms with van der Waals surface area (Å²) in [5, 5.41) is 16.8. The largest absolute Gasteiger partial charge is 0.322 e. The highest BCUT2D eigenvalue weighted by Gasteiger charge is 2.18. The number of hydrogen-bond donors (Lipinski definition) is 1. The summed E-state index contributed by atoms with van der Waals surface area (Å²) in [6, 6.07) is 13.6. The summed E-state index contributed by atoms with van der Waals surface area (Å²) in [5.41, 5.74) is 4.22. The fourth-order valence-corrected chi connectivity index (χ4v) is 4.10. The van der Waals surface area contributed by atoms with E-state index >= 15 is 0 Å². The summed E-state index contributed by atoms with van der Waals surface area (Å²) in [7, 11) is 0. The molecule has 0 fully saturated rings. The summed E-state index contributed by atoms with van der Waals surface area (Å²) in [6.45, 7) is 8.19. The summed E-state index contributed by atoms with van der Waals surface area (Å²) < 4.78 is 3.77. The fourth-order valence-electron chi connectivity index (χ4n) is 3.35. The van der Waals surface area contributed by atoms with E-state index < -0.39 is 0 Å². The number of thioether (sulfide) groups is 1. The Morgan fingerprint density at radius 1 is 1.12 bits per heavy atom. The molecular formula is C23H23N7OS. The smallest absolute Gasteiger partial charge is 0.234 e. The van der Waals surface area contributed by atoms with Crippen molar-refractivity contribution < 1.29 is 4.79 Å². The first-order valence-corrected chi connectivity index (χ1v) is 11.1. The first-order chi connectivity index (χ1) is 15.6. The molecule has 0 bridgehead atoms. The summed E-state index contributed by atoms with van der Waals surface area (Å²) in [5.74, 6) is 0.777. The molecule has 0 aliphatic rings. The first kappa shape index (κ1) is 21.5. The number of carbonyl (C=O) groups excluding carboxylic acids is 1. The molecule has 3 aromatic heterocycles. The van der Waals surface area contributed by atoms with Gasteiger partial charge in [0.05, 0.1) is 28.5 Å². The molecule has 1 N–H and O–H groups in total. The van der Waals surface area contributed by atoms with Crippen molar-refractivity contribution in [3.05, 3.63) is 78.9 Å². The quantitative estimate of drug-likeness (QED) is 0.325. The van der Waals surface area contributed by atoms with Crippen molar-refractivity contribution in [3.63, 3.8) is 0 Å². The van der Waals surface area contributed by atoms with Gasteiger partial charge in [0.2, 0.25) is 5.91 Å². The van der Waals surface area contributed by atoms with Gasteiger partial charge >= 0.3 is 0 Å². The molecule has 1 amide bonds. The second-order valence-electron chi connectivity index (χ2n) is 7.07. The second kappa shape index (κ2) is 9.61. The SMILES string of the molecule is C=CCn1c(SCC(=O)Nc2c(C)nn(-c3ccccc3)c2C)nnc1-c1ccncc1. The molecular weight excluding hydrogens is 422 g/mol. The average Bonchev–Trinajstić information content (AvgIpc) is 3.35. The van der Waals surface area contributed by atoms with E-state index in [2.05, 4.69) is 32.2 Å². The van der Waals surface area contributed by atoms with E-state index in [1.54, 1.807) is 18.5 Å². The highest BCUT2D eigenvalue weighted by atomic mass is 32.2. The van der Waals surface area contributed by atoms with Crippen LogP contribution in [0.25, 0.3) is 17.1 Å². The summed E-state index contributed by atoms with van der Waals surface area (Å²) in [4.78, 5) is 16.8. The lowest BCUT2D eigenvalue weighted by atomic mass is 10.2. The highest BCUT2D eigenvalue weighted by molar-refractivity contribution is 7.99. The number of aromatic nitrogens is 6. The van der Waals surface area contributed by atoms with E-state index in [1.807, 2.05) is 65.6 Å². The van der Waals surface area contributed by atoms with Crippen LogP contribution in [-0.4, -0.2) is 41.2 Å². The van der Waals surface area contributed by atoms with Crippen molar-refractivity contribution in [2.45, 2.75) is 25.5 Å². The van der Waals surface area contributed by atoms with Crippen LogP contribution in [0, 0.1) is 13.8 Å². The van der Waals surface area contributed by atoms with Gasteiger partial charge in [-0.2, -0.15) is 5.10 Å². The standard InChI is InChI=1S/C23H23N7OS/c1-4-14-29-22(18-10-12-24-13-11-18)26-27-23(29)32-15-20(31)25-21-16(2)28-30(17(21)3)19-8-6-5-7-9-19/h4-13H,1,14-15H2,2-3H3,(H,25,31). The molecule has 0 radical (unpaired) electrons. The number of nitrogens with zero attached hydrogens (tertiary/aromatic N) is 6. The molecule has 0 aliphatic heterocycles. The number of hydrogen-bond acceptors (Lipinski definition) is 6. The molecule has 0 atom stereocenters. The van der Waals surface area contributed by atoms with Crippen LogP contribution in [0.5, 0.6) is 0 Å². The molecule has 0 saturated heterocycles. The molecule has 32 heavy (non-hydrogen) atoms. The van der Waals surface area contributed by atoms with Crippen molar-refractivity contribution in [1.82, 2.24) is 29.5 Å². The van der Waals surface area contributed by atoms with Crippen molar-refractivity contribution >= 4 is 23.4 Å². The van der Waals surface area contributed by atoms with Gasteiger partial charge in [-0.1, -0.05) is 36.0 Å². The lowest BCUT2D eigenvalue weighted by Crippen LogP contribution is -2.16. The van der Waals surface area contributed by atoms with Crippen molar-refractivity contribution in [2.75, 3.05) is 11.1 Å². The normalized spacial score (nSPS) is 10.8. The summed E-state index contributed by atoms with van der Waals surface area (Å²) >= 11 is 1.33.